The molecule has 1 heterocycles. The fraction of sp³-hybridized carbons (Fsp3) is 0.161. The Morgan fingerprint density at radius 1 is 0.838 bits per heavy atom. The van der Waals surface area contributed by atoms with Crippen molar-refractivity contribution in [3.05, 3.63) is 131 Å². The summed E-state index contributed by atoms with van der Waals surface area (Å²) in [5, 5.41) is 3.02. The summed E-state index contributed by atoms with van der Waals surface area (Å²) in [5.74, 6) is -0.483. The summed E-state index contributed by atoms with van der Waals surface area (Å²) in [6.07, 6.45) is 1.92. The van der Waals surface area contributed by atoms with E-state index in [4.69, 9.17) is 4.74 Å². The highest BCUT2D eigenvalue weighted by Crippen LogP contribution is 2.27. The average molecular weight is 494 g/mol. The first-order valence-corrected chi connectivity index (χ1v) is 12.2. The average Bonchev–Trinajstić information content (AvgIpc) is 3.33. The van der Waals surface area contributed by atoms with Crippen molar-refractivity contribution in [1.82, 2.24) is 10.3 Å². The van der Waals surface area contributed by atoms with Crippen LogP contribution in [0.15, 0.2) is 103 Å². The number of nitrogens with one attached hydrogen (secondary N) is 2. The van der Waals surface area contributed by atoms with Gasteiger partial charge in [-0.05, 0) is 42.7 Å². The summed E-state index contributed by atoms with van der Waals surface area (Å²) in [6.45, 7) is 4.82. The molecule has 0 bridgehead atoms. The number of esters is 1. The molecule has 0 saturated heterocycles. The van der Waals surface area contributed by atoms with Crippen LogP contribution in [0.25, 0.3) is 6.08 Å². The second kappa shape index (κ2) is 12.4. The molecular weight excluding hydrogens is 462 g/mol. The standard InChI is InChI=1S/C31H31N3O3/c1-23(2)18-27-29(19-28(33-27)30(35)37-22-26-16-10-5-11-17-26)34(21-25-14-8-4-9-15-25)31(36)32-20-24-12-6-3-7-13-24/h3-19,33H,20-22H2,1-2H3,(H,32,36). The molecule has 6 nitrogen and oxygen atoms in total. The number of urea groups is 1. The minimum atomic E-state index is -0.483. The fourth-order valence-corrected chi connectivity index (χ4v) is 3.89. The van der Waals surface area contributed by atoms with Crippen molar-refractivity contribution in [3.8, 4) is 0 Å². The second-order valence-corrected chi connectivity index (χ2v) is 8.98. The predicted molar refractivity (Wildman–Crippen MR) is 147 cm³/mol. The molecule has 0 spiro atoms. The summed E-state index contributed by atoms with van der Waals surface area (Å²) in [5.41, 5.74) is 5.44. The number of carbonyl (C=O) groups is 2. The van der Waals surface area contributed by atoms with Crippen LogP contribution in [0.1, 0.15) is 46.7 Å². The summed E-state index contributed by atoms with van der Waals surface area (Å²) in [6, 6.07) is 30.5. The highest BCUT2D eigenvalue weighted by molar-refractivity contribution is 5.97. The van der Waals surface area contributed by atoms with Crippen molar-refractivity contribution in [2.75, 3.05) is 4.90 Å². The Hall–Kier alpha value is -4.58. The van der Waals surface area contributed by atoms with Crippen LogP contribution in [0.2, 0.25) is 0 Å². The Bertz CT molecular complexity index is 1340. The lowest BCUT2D eigenvalue weighted by atomic mass is 10.2. The second-order valence-electron chi connectivity index (χ2n) is 8.98. The zero-order valence-corrected chi connectivity index (χ0v) is 21.1. The summed E-state index contributed by atoms with van der Waals surface area (Å²) < 4.78 is 5.54. The number of allylic oxidation sites excluding steroid dienone is 1. The van der Waals surface area contributed by atoms with Gasteiger partial charge in [0.1, 0.15) is 12.3 Å². The molecule has 188 valence electrons. The van der Waals surface area contributed by atoms with Gasteiger partial charge in [-0.1, -0.05) is 96.6 Å². The van der Waals surface area contributed by atoms with E-state index in [1.165, 1.54) is 0 Å². The van der Waals surface area contributed by atoms with Crippen LogP contribution in [0.4, 0.5) is 10.5 Å². The molecule has 1 aromatic heterocycles. The Balaban J connectivity index is 1.62. The van der Waals surface area contributed by atoms with Crippen molar-refractivity contribution < 1.29 is 14.3 Å². The van der Waals surface area contributed by atoms with Gasteiger partial charge in [-0.15, -0.1) is 0 Å². The zero-order valence-electron chi connectivity index (χ0n) is 21.1. The lowest BCUT2D eigenvalue weighted by Crippen LogP contribution is -2.39. The van der Waals surface area contributed by atoms with E-state index in [0.29, 0.717) is 24.5 Å². The minimum Gasteiger partial charge on any atom is -0.456 e. The smallest absolute Gasteiger partial charge is 0.355 e. The molecule has 2 amide bonds. The van der Waals surface area contributed by atoms with Crippen LogP contribution >= 0.6 is 0 Å². The molecule has 3 aromatic carbocycles. The van der Waals surface area contributed by atoms with Crippen LogP contribution in [-0.4, -0.2) is 17.0 Å². The van der Waals surface area contributed by atoms with Crippen LogP contribution in [0.3, 0.4) is 0 Å². The van der Waals surface area contributed by atoms with Crippen molar-refractivity contribution in [2.24, 2.45) is 0 Å². The SMILES string of the molecule is CC(C)=Cc1[nH]c(C(=O)OCc2ccccc2)cc1N(Cc1ccccc1)C(=O)NCc1ccccc1. The van der Waals surface area contributed by atoms with Crippen molar-refractivity contribution in [2.45, 2.75) is 33.5 Å². The van der Waals surface area contributed by atoms with Gasteiger partial charge < -0.3 is 15.0 Å². The van der Waals surface area contributed by atoms with Gasteiger partial charge in [-0.2, -0.15) is 0 Å². The summed E-state index contributed by atoms with van der Waals surface area (Å²) in [7, 11) is 0. The molecule has 0 radical (unpaired) electrons. The molecule has 2 N–H and O–H groups in total. The van der Waals surface area contributed by atoms with Crippen molar-refractivity contribution in [3.63, 3.8) is 0 Å². The Kier molecular flexibility index (Phi) is 8.55. The number of benzene rings is 3. The van der Waals surface area contributed by atoms with E-state index in [-0.39, 0.29) is 18.3 Å². The van der Waals surface area contributed by atoms with E-state index in [2.05, 4.69) is 10.3 Å². The number of hydrogen-bond acceptors (Lipinski definition) is 3. The molecule has 0 unspecified atom stereocenters. The number of ether oxygens (including phenoxy) is 1. The first-order chi connectivity index (χ1) is 18.0. The molecule has 37 heavy (non-hydrogen) atoms. The van der Waals surface area contributed by atoms with E-state index in [9.17, 15) is 9.59 Å². The highest BCUT2D eigenvalue weighted by Gasteiger charge is 2.23. The monoisotopic (exact) mass is 493 g/mol. The first kappa shape index (κ1) is 25.5. The van der Waals surface area contributed by atoms with Gasteiger partial charge in [-0.3, -0.25) is 4.90 Å². The van der Waals surface area contributed by atoms with Gasteiger partial charge in [0.2, 0.25) is 0 Å². The fourth-order valence-electron chi connectivity index (χ4n) is 3.89. The lowest BCUT2D eigenvalue weighted by Gasteiger charge is -2.23. The molecule has 0 saturated carbocycles. The Morgan fingerprint density at radius 2 is 1.41 bits per heavy atom. The van der Waals surface area contributed by atoms with Gasteiger partial charge in [0, 0.05) is 6.54 Å². The molecule has 0 atom stereocenters. The number of rotatable bonds is 9. The Morgan fingerprint density at radius 3 is 2.00 bits per heavy atom. The number of hydrogen-bond donors (Lipinski definition) is 2. The quantitative estimate of drug-likeness (QED) is 0.255. The number of aromatic nitrogens is 1. The lowest BCUT2D eigenvalue weighted by molar-refractivity contribution is 0.0466. The van der Waals surface area contributed by atoms with Gasteiger partial charge in [-0.25, -0.2) is 9.59 Å². The van der Waals surface area contributed by atoms with Crippen LogP contribution in [-0.2, 0) is 24.4 Å². The summed E-state index contributed by atoms with van der Waals surface area (Å²) in [4.78, 5) is 31.3. The van der Waals surface area contributed by atoms with E-state index >= 15 is 0 Å². The molecule has 0 fully saturated rings. The molecule has 4 rings (SSSR count). The van der Waals surface area contributed by atoms with Crippen molar-refractivity contribution in [1.29, 1.82) is 0 Å². The predicted octanol–water partition coefficient (Wildman–Crippen LogP) is 6.71. The Labute approximate surface area is 217 Å². The number of nitrogens with zero attached hydrogens (tertiary/aromatic N) is 1. The van der Waals surface area contributed by atoms with Crippen molar-refractivity contribution >= 4 is 23.8 Å². The first-order valence-electron chi connectivity index (χ1n) is 12.2. The third-order valence-electron chi connectivity index (χ3n) is 5.70. The van der Waals surface area contributed by atoms with E-state index < -0.39 is 5.97 Å². The maximum atomic E-state index is 13.5. The van der Waals surface area contributed by atoms with Gasteiger partial charge in [0.05, 0.1) is 17.9 Å². The van der Waals surface area contributed by atoms with E-state index in [1.54, 1.807) is 11.0 Å². The van der Waals surface area contributed by atoms with E-state index in [0.717, 1.165) is 22.3 Å². The van der Waals surface area contributed by atoms with Gasteiger partial charge >= 0.3 is 12.0 Å². The maximum absolute atomic E-state index is 13.5. The molecule has 0 aliphatic rings. The molecule has 0 aliphatic carbocycles. The number of amides is 2. The maximum Gasteiger partial charge on any atom is 0.355 e. The molecule has 6 heteroatoms. The van der Waals surface area contributed by atoms with Gasteiger partial charge in [0.15, 0.2) is 0 Å². The highest BCUT2D eigenvalue weighted by atomic mass is 16.5. The number of anilines is 1. The largest absolute Gasteiger partial charge is 0.456 e. The molecular formula is C31H31N3O3. The van der Waals surface area contributed by atoms with Gasteiger partial charge in [0.25, 0.3) is 0 Å². The third kappa shape index (κ3) is 7.21. The third-order valence-corrected chi connectivity index (χ3v) is 5.70. The minimum absolute atomic E-state index is 0.164. The zero-order chi connectivity index (χ0) is 26.0. The normalized spacial score (nSPS) is 10.4. The molecule has 4 aromatic rings. The van der Waals surface area contributed by atoms with Crippen LogP contribution < -0.4 is 10.2 Å². The van der Waals surface area contributed by atoms with Crippen LogP contribution in [0, 0.1) is 0 Å². The summed E-state index contributed by atoms with van der Waals surface area (Å²) >= 11 is 0. The number of aromatic amines is 1. The molecule has 0 aliphatic heterocycles. The van der Waals surface area contributed by atoms with Crippen LogP contribution in [0.5, 0.6) is 0 Å². The number of H-pyrrole nitrogens is 1. The topological polar surface area (TPSA) is 74.4 Å². The number of carbonyl (C=O) groups excluding carboxylic acids is 2. The van der Waals surface area contributed by atoms with E-state index in [1.807, 2.05) is 111 Å².